The van der Waals surface area contributed by atoms with E-state index in [0.29, 0.717) is 29.3 Å². The number of amides is 2. The number of carbonyl (C=O) groups is 2. The standard InChI is InChI=1S/C20H23FN2O2S2/c1-12-4-9-15-16(11-12)27-20(18(15)19(22)25)23-17(24)3-2-10-26-14-7-5-13(21)6-8-14/h5-8,12H,2-4,9-11H2,1H3,(H2,22,25)(H,23,24). The molecule has 1 unspecified atom stereocenters. The van der Waals surface area contributed by atoms with Gasteiger partial charge in [-0.05, 0) is 67.2 Å². The third kappa shape index (κ3) is 5.11. The highest BCUT2D eigenvalue weighted by Crippen LogP contribution is 2.39. The van der Waals surface area contributed by atoms with Gasteiger partial charge in [0.15, 0.2) is 0 Å². The van der Waals surface area contributed by atoms with Gasteiger partial charge >= 0.3 is 0 Å². The van der Waals surface area contributed by atoms with Crippen molar-refractivity contribution in [2.45, 2.75) is 43.9 Å². The zero-order valence-electron chi connectivity index (χ0n) is 15.2. The molecule has 4 nitrogen and oxygen atoms in total. The summed E-state index contributed by atoms with van der Waals surface area (Å²) in [6.07, 6.45) is 3.88. The number of anilines is 1. The lowest BCUT2D eigenvalue weighted by molar-refractivity contribution is -0.116. The molecule has 3 N–H and O–H groups in total. The number of rotatable bonds is 7. The molecule has 0 fully saturated rings. The second-order valence-corrected chi connectivity index (χ2v) is 9.15. The molecule has 1 aromatic carbocycles. The van der Waals surface area contributed by atoms with Gasteiger partial charge in [0.05, 0.1) is 5.56 Å². The number of benzene rings is 1. The molecule has 1 heterocycles. The minimum atomic E-state index is -0.468. The SMILES string of the molecule is CC1CCc2c(sc(NC(=O)CCCSc3ccc(F)cc3)c2C(N)=O)C1. The average Bonchev–Trinajstić information content (AvgIpc) is 2.97. The van der Waals surface area contributed by atoms with Gasteiger partial charge in [-0.1, -0.05) is 6.92 Å². The van der Waals surface area contributed by atoms with Crippen molar-refractivity contribution in [2.75, 3.05) is 11.1 Å². The maximum Gasteiger partial charge on any atom is 0.251 e. The molecule has 0 saturated heterocycles. The number of nitrogens with one attached hydrogen (secondary N) is 1. The van der Waals surface area contributed by atoms with Crippen molar-refractivity contribution >= 4 is 39.9 Å². The first-order chi connectivity index (χ1) is 12.9. The van der Waals surface area contributed by atoms with Gasteiger partial charge in [0, 0.05) is 16.2 Å². The van der Waals surface area contributed by atoms with Gasteiger partial charge in [0.1, 0.15) is 10.8 Å². The number of nitrogens with two attached hydrogens (primary N) is 1. The molecule has 0 saturated carbocycles. The van der Waals surface area contributed by atoms with Crippen LogP contribution in [-0.4, -0.2) is 17.6 Å². The van der Waals surface area contributed by atoms with Crippen LogP contribution in [0.3, 0.4) is 0 Å². The largest absolute Gasteiger partial charge is 0.365 e. The lowest BCUT2D eigenvalue weighted by Crippen LogP contribution is -2.19. The fourth-order valence-corrected chi connectivity index (χ4v) is 5.53. The van der Waals surface area contributed by atoms with E-state index in [4.69, 9.17) is 5.73 Å². The van der Waals surface area contributed by atoms with Gasteiger partial charge in [-0.2, -0.15) is 0 Å². The first kappa shape index (κ1) is 19.9. The van der Waals surface area contributed by atoms with Crippen LogP contribution in [0.2, 0.25) is 0 Å². The second kappa shape index (κ2) is 8.89. The molecular weight excluding hydrogens is 383 g/mol. The molecule has 0 spiro atoms. The van der Waals surface area contributed by atoms with Crippen LogP contribution < -0.4 is 11.1 Å². The fraction of sp³-hybridized carbons (Fsp3) is 0.400. The van der Waals surface area contributed by atoms with Crippen LogP contribution >= 0.6 is 23.1 Å². The van der Waals surface area contributed by atoms with Crippen LogP contribution in [0.4, 0.5) is 9.39 Å². The van der Waals surface area contributed by atoms with Gasteiger partial charge in [0.25, 0.3) is 5.91 Å². The summed E-state index contributed by atoms with van der Waals surface area (Å²) in [7, 11) is 0. The number of primary amides is 1. The quantitative estimate of drug-likeness (QED) is 0.520. The lowest BCUT2D eigenvalue weighted by atomic mass is 9.88. The number of thioether (sulfide) groups is 1. The van der Waals surface area contributed by atoms with E-state index in [0.717, 1.165) is 35.5 Å². The summed E-state index contributed by atoms with van der Waals surface area (Å²) >= 11 is 3.08. The molecule has 2 aromatic rings. The van der Waals surface area contributed by atoms with Crippen molar-refractivity contribution < 1.29 is 14.0 Å². The van der Waals surface area contributed by atoms with Gasteiger partial charge in [-0.3, -0.25) is 9.59 Å². The predicted molar refractivity (Wildman–Crippen MR) is 109 cm³/mol. The maximum atomic E-state index is 12.9. The highest BCUT2D eigenvalue weighted by atomic mass is 32.2. The smallest absolute Gasteiger partial charge is 0.251 e. The zero-order chi connectivity index (χ0) is 19.4. The van der Waals surface area contributed by atoms with Crippen molar-refractivity contribution in [3.8, 4) is 0 Å². The molecule has 1 aliphatic carbocycles. The molecule has 0 radical (unpaired) electrons. The number of hydrogen-bond acceptors (Lipinski definition) is 4. The van der Waals surface area contributed by atoms with E-state index in [1.165, 1.54) is 28.3 Å². The number of hydrogen-bond donors (Lipinski definition) is 2. The maximum absolute atomic E-state index is 12.9. The fourth-order valence-electron chi connectivity index (χ4n) is 3.24. The van der Waals surface area contributed by atoms with Crippen LogP contribution in [-0.2, 0) is 17.6 Å². The summed E-state index contributed by atoms with van der Waals surface area (Å²) in [5.41, 5.74) is 7.09. The van der Waals surface area contributed by atoms with Gasteiger partial charge < -0.3 is 11.1 Å². The summed E-state index contributed by atoms with van der Waals surface area (Å²) in [4.78, 5) is 26.4. The van der Waals surface area contributed by atoms with Crippen molar-refractivity contribution in [1.82, 2.24) is 0 Å². The molecule has 1 aliphatic rings. The number of halogens is 1. The zero-order valence-corrected chi connectivity index (χ0v) is 16.9. The van der Waals surface area contributed by atoms with E-state index < -0.39 is 5.91 Å². The Bertz CT molecular complexity index is 833. The molecule has 1 aromatic heterocycles. The summed E-state index contributed by atoms with van der Waals surface area (Å²) in [6, 6.07) is 6.33. The molecule has 7 heteroatoms. The summed E-state index contributed by atoms with van der Waals surface area (Å²) in [5, 5.41) is 3.49. The van der Waals surface area contributed by atoms with E-state index in [1.54, 1.807) is 23.9 Å². The number of carbonyl (C=O) groups excluding carboxylic acids is 2. The van der Waals surface area contributed by atoms with E-state index in [-0.39, 0.29) is 11.7 Å². The minimum Gasteiger partial charge on any atom is -0.365 e. The molecule has 0 aliphatic heterocycles. The third-order valence-electron chi connectivity index (χ3n) is 4.64. The predicted octanol–water partition coefficient (Wildman–Crippen LogP) is 4.62. The highest BCUT2D eigenvalue weighted by Gasteiger charge is 2.27. The number of fused-ring (bicyclic) bond motifs is 1. The minimum absolute atomic E-state index is 0.108. The highest BCUT2D eigenvalue weighted by molar-refractivity contribution is 7.99. The van der Waals surface area contributed by atoms with Gasteiger partial charge in [-0.15, -0.1) is 23.1 Å². The molecule has 2 amide bonds. The van der Waals surface area contributed by atoms with Gasteiger partial charge in [0.2, 0.25) is 5.91 Å². The van der Waals surface area contributed by atoms with E-state index in [9.17, 15) is 14.0 Å². The van der Waals surface area contributed by atoms with Gasteiger partial charge in [-0.25, -0.2) is 4.39 Å². The Morgan fingerprint density at radius 2 is 2.07 bits per heavy atom. The molecule has 27 heavy (non-hydrogen) atoms. The Kier molecular flexibility index (Phi) is 6.55. The first-order valence-corrected chi connectivity index (χ1v) is 10.9. The van der Waals surface area contributed by atoms with E-state index in [2.05, 4.69) is 12.2 Å². The van der Waals surface area contributed by atoms with Crippen molar-refractivity contribution in [3.05, 3.63) is 46.1 Å². The van der Waals surface area contributed by atoms with Crippen LogP contribution in [0.5, 0.6) is 0 Å². The summed E-state index contributed by atoms with van der Waals surface area (Å²) < 4.78 is 12.9. The normalized spacial score (nSPS) is 16.0. The topological polar surface area (TPSA) is 72.2 Å². The lowest BCUT2D eigenvalue weighted by Gasteiger charge is -2.18. The first-order valence-electron chi connectivity index (χ1n) is 9.06. The van der Waals surface area contributed by atoms with E-state index >= 15 is 0 Å². The number of thiophene rings is 1. The van der Waals surface area contributed by atoms with Crippen LogP contribution in [0.15, 0.2) is 29.2 Å². The summed E-state index contributed by atoms with van der Waals surface area (Å²) in [5.74, 6) is 0.522. The van der Waals surface area contributed by atoms with Crippen LogP contribution in [0.1, 0.15) is 47.0 Å². The Morgan fingerprint density at radius 3 is 2.78 bits per heavy atom. The van der Waals surface area contributed by atoms with E-state index in [1.807, 2.05) is 0 Å². The summed E-state index contributed by atoms with van der Waals surface area (Å²) in [6.45, 7) is 2.20. The second-order valence-electron chi connectivity index (χ2n) is 6.87. The van der Waals surface area contributed by atoms with Crippen molar-refractivity contribution in [2.24, 2.45) is 11.7 Å². The molecular formula is C20H23FN2O2S2. The molecule has 144 valence electrons. The third-order valence-corrected chi connectivity index (χ3v) is 6.91. The van der Waals surface area contributed by atoms with Crippen molar-refractivity contribution in [1.29, 1.82) is 0 Å². The Labute approximate surface area is 166 Å². The molecule has 0 bridgehead atoms. The van der Waals surface area contributed by atoms with Crippen LogP contribution in [0.25, 0.3) is 0 Å². The Hall–Kier alpha value is -1.86. The van der Waals surface area contributed by atoms with Crippen molar-refractivity contribution in [3.63, 3.8) is 0 Å². The Morgan fingerprint density at radius 1 is 1.33 bits per heavy atom. The van der Waals surface area contributed by atoms with Crippen LogP contribution in [0, 0.1) is 11.7 Å². The monoisotopic (exact) mass is 406 g/mol. The Balaban J connectivity index is 1.54. The molecule has 3 rings (SSSR count). The average molecular weight is 407 g/mol. The molecule has 1 atom stereocenters.